The predicted molar refractivity (Wildman–Crippen MR) is 109 cm³/mol. The number of benzene rings is 2. The molecule has 0 aliphatic carbocycles. The molecule has 0 radical (unpaired) electrons. The number of fused-ring (bicyclic) bond motifs is 1. The number of hydrogen-bond acceptors (Lipinski definition) is 6. The Labute approximate surface area is 171 Å². The smallest absolute Gasteiger partial charge is 0.248 e. The molecule has 0 amide bonds. The number of aromatic nitrogens is 3. The van der Waals surface area contributed by atoms with Crippen LogP contribution in [0.1, 0.15) is 22.3 Å². The number of nitrogens with one attached hydrogen (secondary N) is 2. The molecule has 0 unspecified atom stereocenters. The summed E-state index contributed by atoms with van der Waals surface area (Å²) >= 11 is 0. The number of aryl methyl sites for hydroxylation is 2. The van der Waals surface area contributed by atoms with Crippen LogP contribution in [0.2, 0.25) is 0 Å². The van der Waals surface area contributed by atoms with Gasteiger partial charge in [-0.1, -0.05) is 0 Å². The molecular formula is C22H15FN6O. The topological polar surface area (TPSA) is 110 Å². The fourth-order valence-corrected chi connectivity index (χ4v) is 3.13. The van der Waals surface area contributed by atoms with Gasteiger partial charge in [-0.15, -0.1) is 0 Å². The van der Waals surface area contributed by atoms with Gasteiger partial charge < -0.3 is 15.0 Å². The third-order valence-electron chi connectivity index (χ3n) is 4.51. The van der Waals surface area contributed by atoms with Crippen LogP contribution in [0.25, 0.3) is 11.0 Å². The number of aromatic amines is 1. The van der Waals surface area contributed by atoms with Crippen LogP contribution >= 0.6 is 0 Å². The highest BCUT2D eigenvalue weighted by Crippen LogP contribution is 2.33. The molecule has 4 rings (SSSR count). The van der Waals surface area contributed by atoms with E-state index in [2.05, 4.69) is 26.3 Å². The summed E-state index contributed by atoms with van der Waals surface area (Å²) in [7, 11) is 0. The number of rotatable bonds is 4. The summed E-state index contributed by atoms with van der Waals surface area (Å²) in [6, 6.07) is 13.3. The number of nitriles is 2. The molecule has 0 saturated carbocycles. The molecule has 2 N–H and O–H groups in total. The standard InChI is InChI=1S/C22H15FN6O/c1-12-7-14(10-24)8-13(2)20(12)30-21-19-18(5-6-26-19)28-22(29-21)27-16-4-3-15(11-25)17(23)9-16/h3-9,26H,1-2H3,(H,27,28,29). The number of nitrogens with zero attached hydrogens (tertiary/aromatic N) is 4. The molecular weight excluding hydrogens is 383 g/mol. The maximum absolute atomic E-state index is 13.9. The summed E-state index contributed by atoms with van der Waals surface area (Å²) in [5, 5.41) is 21.0. The Morgan fingerprint density at radius 1 is 1.03 bits per heavy atom. The highest BCUT2D eigenvalue weighted by Gasteiger charge is 2.15. The lowest BCUT2D eigenvalue weighted by Crippen LogP contribution is -2.01. The molecule has 0 aliphatic heterocycles. The van der Waals surface area contributed by atoms with Gasteiger partial charge in [-0.05, 0) is 61.4 Å². The van der Waals surface area contributed by atoms with Crippen molar-refractivity contribution < 1.29 is 9.13 Å². The average Bonchev–Trinajstić information content (AvgIpc) is 3.19. The fourth-order valence-electron chi connectivity index (χ4n) is 3.13. The largest absolute Gasteiger partial charge is 0.436 e. The first-order valence-corrected chi connectivity index (χ1v) is 8.99. The molecule has 30 heavy (non-hydrogen) atoms. The van der Waals surface area contributed by atoms with Gasteiger partial charge in [0.2, 0.25) is 11.8 Å². The van der Waals surface area contributed by atoms with Gasteiger partial charge >= 0.3 is 0 Å². The molecule has 0 bridgehead atoms. The maximum Gasteiger partial charge on any atom is 0.248 e. The van der Waals surface area contributed by atoms with Crippen molar-refractivity contribution in [3.63, 3.8) is 0 Å². The van der Waals surface area contributed by atoms with E-state index in [0.717, 1.165) is 11.1 Å². The summed E-state index contributed by atoms with van der Waals surface area (Å²) < 4.78 is 20.0. The van der Waals surface area contributed by atoms with Crippen LogP contribution < -0.4 is 10.1 Å². The van der Waals surface area contributed by atoms with E-state index >= 15 is 0 Å². The van der Waals surface area contributed by atoms with Crippen LogP contribution in [0.3, 0.4) is 0 Å². The maximum atomic E-state index is 13.9. The minimum absolute atomic E-state index is 0.0432. The van der Waals surface area contributed by atoms with Crippen molar-refractivity contribution in [2.75, 3.05) is 5.32 Å². The molecule has 0 saturated heterocycles. The molecule has 7 nitrogen and oxygen atoms in total. The molecule has 2 heterocycles. The van der Waals surface area contributed by atoms with Crippen molar-refractivity contribution in [1.82, 2.24) is 15.0 Å². The van der Waals surface area contributed by atoms with Gasteiger partial charge in [-0.25, -0.2) is 9.37 Å². The normalized spacial score (nSPS) is 10.4. The van der Waals surface area contributed by atoms with Crippen LogP contribution in [0, 0.1) is 42.3 Å². The zero-order valence-electron chi connectivity index (χ0n) is 16.1. The van der Waals surface area contributed by atoms with Gasteiger partial charge in [0.1, 0.15) is 23.2 Å². The molecule has 0 spiro atoms. The Morgan fingerprint density at radius 3 is 2.47 bits per heavy atom. The van der Waals surface area contributed by atoms with E-state index in [-0.39, 0.29) is 17.4 Å². The Kier molecular flexibility index (Phi) is 4.75. The first-order valence-electron chi connectivity index (χ1n) is 8.99. The van der Waals surface area contributed by atoms with Crippen LogP contribution in [-0.2, 0) is 0 Å². The highest BCUT2D eigenvalue weighted by molar-refractivity contribution is 5.82. The van der Waals surface area contributed by atoms with Crippen LogP contribution in [0.5, 0.6) is 11.6 Å². The van der Waals surface area contributed by atoms with Crippen LogP contribution in [0.15, 0.2) is 42.6 Å². The third kappa shape index (κ3) is 3.50. The lowest BCUT2D eigenvalue weighted by atomic mass is 10.1. The predicted octanol–water partition coefficient (Wildman–Crippen LogP) is 4.99. The first-order chi connectivity index (χ1) is 14.5. The van der Waals surface area contributed by atoms with Gasteiger partial charge in [0.05, 0.1) is 22.7 Å². The van der Waals surface area contributed by atoms with E-state index in [0.29, 0.717) is 28.0 Å². The molecule has 0 fully saturated rings. The minimum atomic E-state index is -0.634. The quantitative estimate of drug-likeness (QED) is 0.501. The van der Waals surface area contributed by atoms with E-state index in [4.69, 9.17) is 15.3 Å². The van der Waals surface area contributed by atoms with Crippen LogP contribution in [-0.4, -0.2) is 15.0 Å². The average molecular weight is 398 g/mol. The van der Waals surface area contributed by atoms with Gasteiger partial charge in [-0.2, -0.15) is 15.5 Å². The second-order valence-corrected chi connectivity index (χ2v) is 6.67. The molecule has 146 valence electrons. The van der Waals surface area contributed by atoms with Gasteiger partial charge in [0, 0.05) is 11.9 Å². The first kappa shape index (κ1) is 18.9. The van der Waals surface area contributed by atoms with Gasteiger partial charge in [-0.3, -0.25) is 0 Å². The van der Waals surface area contributed by atoms with Crippen molar-refractivity contribution in [3.8, 4) is 23.8 Å². The summed E-state index contributed by atoms with van der Waals surface area (Å²) in [6.45, 7) is 3.71. The van der Waals surface area contributed by atoms with E-state index < -0.39 is 5.82 Å². The SMILES string of the molecule is Cc1cc(C#N)cc(C)c1Oc1nc(Nc2ccc(C#N)c(F)c2)nc2cc[nH]c12. The lowest BCUT2D eigenvalue weighted by molar-refractivity contribution is 0.461. The molecule has 2 aromatic carbocycles. The van der Waals surface area contributed by atoms with Crippen molar-refractivity contribution in [2.45, 2.75) is 13.8 Å². The summed E-state index contributed by atoms with van der Waals surface area (Å²) in [6.07, 6.45) is 1.72. The highest BCUT2D eigenvalue weighted by atomic mass is 19.1. The lowest BCUT2D eigenvalue weighted by Gasteiger charge is -2.13. The van der Waals surface area contributed by atoms with E-state index in [1.165, 1.54) is 12.1 Å². The number of hydrogen-bond donors (Lipinski definition) is 2. The monoisotopic (exact) mass is 398 g/mol. The Bertz CT molecular complexity index is 1340. The second kappa shape index (κ2) is 7.53. The zero-order chi connectivity index (χ0) is 21.3. The van der Waals surface area contributed by atoms with E-state index in [1.54, 1.807) is 36.5 Å². The Hall–Kier alpha value is -4.43. The summed E-state index contributed by atoms with van der Waals surface area (Å²) in [5.74, 6) is 0.465. The summed E-state index contributed by atoms with van der Waals surface area (Å²) in [5.41, 5.74) is 3.73. The van der Waals surface area contributed by atoms with Crippen molar-refractivity contribution in [1.29, 1.82) is 10.5 Å². The molecule has 0 atom stereocenters. The molecule has 0 aliphatic rings. The second-order valence-electron chi connectivity index (χ2n) is 6.67. The number of halogens is 1. The number of H-pyrrole nitrogens is 1. The number of anilines is 2. The fraction of sp³-hybridized carbons (Fsp3) is 0.0909. The van der Waals surface area contributed by atoms with Crippen molar-refractivity contribution >= 4 is 22.7 Å². The summed E-state index contributed by atoms with van der Waals surface area (Å²) in [4.78, 5) is 11.9. The van der Waals surface area contributed by atoms with Gasteiger partial charge in [0.25, 0.3) is 0 Å². The van der Waals surface area contributed by atoms with E-state index in [1.807, 2.05) is 13.8 Å². The molecule has 2 aromatic heterocycles. The third-order valence-corrected chi connectivity index (χ3v) is 4.51. The Balaban J connectivity index is 1.73. The zero-order valence-corrected chi connectivity index (χ0v) is 16.1. The Morgan fingerprint density at radius 2 is 1.80 bits per heavy atom. The number of ether oxygens (including phenoxy) is 1. The molecule has 4 aromatic rings. The molecule has 8 heteroatoms. The van der Waals surface area contributed by atoms with Crippen molar-refractivity contribution in [3.05, 3.63) is 70.7 Å². The van der Waals surface area contributed by atoms with E-state index in [9.17, 15) is 4.39 Å². The minimum Gasteiger partial charge on any atom is -0.436 e. The van der Waals surface area contributed by atoms with Crippen LogP contribution in [0.4, 0.5) is 16.0 Å². The van der Waals surface area contributed by atoms with Crippen molar-refractivity contribution in [2.24, 2.45) is 0 Å². The van der Waals surface area contributed by atoms with Gasteiger partial charge in [0.15, 0.2) is 0 Å².